The molecule has 0 bridgehead atoms. The van der Waals surface area contributed by atoms with Crippen LogP contribution in [-0.2, 0) is 22.6 Å². The number of hydrogen-bond donors (Lipinski definition) is 1. The van der Waals surface area contributed by atoms with Gasteiger partial charge in [-0.1, -0.05) is 0 Å². The van der Waals surface area contributed by atoms with Crippen molar-refractivity contribution in [3.8, 4) is 0 Å². The van der Waals surface area contributed by atoms with Gasteiger partial charge in [0, 0.05) is 31.4 Å². The molecule has 2 aromatic heterocycles. The zero-order chi connectivity index (χ0) is 18.7. The third-order valence-electron chi connectivity index (χ3n) is 4.32. The van der Waals surface area contributed by atoms with Crippen LogP contribution < -0.4 is 5.32 Å². The SMILES string of the molecule is CC(=O)Nc1ncc([S+]([O-])N2CCCC(Cc3cc(C)nc(C)c3)C2)s1. The Labute approximate surface area is 161 Å². The number of hydrogen-bond acceptors (Lipinski definition) is 6. The molecule has 1 saturated heterocycles. The topological polar surface area (TPSA) is 81.2 Å². The maximum atomic E-state index is 12.9. The van der Waals surface area contributed by atoms with Gasteiger partial charge in [-0.25, -0.2) is 4.98 Å². The van der Waals surface area contributed by atoms with Crippen LogP contribution >= 0.6 is 11.3 Å². The number of amides is 1. The second kappa shape index (κ2) is 8.47. The smallest absolute Gasteiger partial charge is 0.249 e. The number of nitrogens with zero attached hydrogens (tertiary/aromatic N) is 3. The fourth-order valence-electron chi connectivity index (χ4n) is 3.39. The number of rotatable bonds is 5. The van der Waals surface area contributed by atoms with Crippen LogP contribution in [0.1, 0.15) is 36.7 Å². The first-order valence-electron chi connectivity index (χ1n) is 8.75. The van der Waals surface area contributed by atoms with Crippen molar-refractivity contribution in [1.82, 2.24) is 14.3 Å². The minimum Gasteiger partial charge on any atom is -0.592 e. The lowest BCUT2D eigenvalue weighted by molar-refractivity contribution is -0.114. The molecule has 3 rings (SSSR count). The van der Waals surface area contributed by atoms with Crippen molar-refractivity contribution in [2.75, 3.05) is 18.4 Å². The quantitative estimate of drug-likeness (QED) is 0.791. The highest BCUT2D eigenvalue weighted by molar-refractivity contribution is 7.91. The van der Waals surface area contributed by atoms with Crippen molar-refractivity contribution in [3.05, 3.63) is 35.3 Å². The van der Waals surface area contributed by atoms with Crippen LogP contribution in [0.5, 0.6) is 0 Å². The highest BCUT2D eigenvalue weighted by atomic mass is 32.2. The van der Waals surface area contributed by atoms with Crippen LogP contribution in [0.25, 0.3) is 0 Å². The van der Waals surface area contributed by atoms with E-state index in [1.54, 1.807) is 6.20 Å². The molecule has 1 N–H and O–H groups in total. The molecule has 8 heteroatoms. The minimum absolute atomic E-state index is 0.169. The van der Waals surface area contributed by atoms with Crippen molar-refractivity contribution < 1.29 is 9.35 Å². The van der Waals surface area contributed by atoms with Crippen molar-refractivity contribution in [2.24, 2.45) is 5.92 Å². The van der Waals surface area contributed by atoms with E-state index < -0.39 is 11.4 Å². The van der Waals surface area contributed by atoms with E-state index in [2.05, 4.69) is 27.4 Å². The number of nitrogens with one attached hydrogen (secondary N) is 1. The van der Waals surface area contributed by atoms with Gasteiger partial charge in [-0.3, -0.25) is 9.78 Å². The predicted molar refractivity (Wildman–Crippen MR) is 105 cm³/mol. The van der Waals surface area contributed by atoms with Crippen LogP contribution in [0, 0.1) is 19.8 Å². The van der Waals surface area contributed by atoms with Crippen molar-refractivity contribution in [2.45, 2.75) is 44.2 Å². The van der Waals surface area contributed by atoms with Gasteiger partial charge in [0.25, 0.3) is 0 Å². The van der Waals surface area contributed by atoms with Crippen LogP contribution in [0.4, 0.5) is 5.13 Å². The number of carbonyl (C=O) groups is 1. The summed E-state index contributed by atoms with van der Waals surface area (Å²) in [5.74, 6) is 0.314. The van der Waals surface area contributed by atoms with Crippen molar-refractivity contribution >= 4 is 33.7 Å². The third-order valence-corrected chi connectivity index (χ3v) is 6.96. The lowest BCUT2D eigenvalue weighted by Crippen LogP contribution is -2.40. The summed E-state index contributed by atoms with van der Waals surface area (Å²) in [5, 5.41) is 3.14. The van der Waals surface area contributed by atoms with Gasteiger partial charge < -0.3 is 9.87 Å². The molecule has 26 heavy (non-hydrogen) atoms. The summed E-state index contributed by atoms with van der Waals surface area (Å²) in [4.78, 5) is 19.7. The highest BCUT2D eigenvalue weighted by Crippen LogP contribution is 2.30. The van der Waals surface area contributed by atoms with Crippen LogP contribution in [-0.4, -0.2) is 37.8 Å². The summed E-state index contributed by atoms with van der Waals surface area (Å²) >= 11 is 0.0533. The monoisotopic (exact) mass is 392 g/mol. The van der Waals surface area contributed by atoms with E-state index in [-0.39, 0.29) is 5.91 Å². The Morgan fingerprint density at radius 1 is 1.42 bits per heavy atom. The number of pyridine rings is 1. The molecule has 2 aromatic rings. The molecule has 140 valence electrons. The zero-order valence-corrected chi connectivity index (χ0v) is 17.0. The van der Waals surface area contributed by atoms with E-state index in [1.165, 1.54) is 23.8 Å². The predicted octanol–water partition coefficient (Wildman–Crippen LogP) is 3.09. The van der Waals surface area contributed by atoms with E-state index >= 15 is 0 Å². The molecule has 0 spiro atoms. The Bertz CT molecular complexity index is 760. The number of thiazole rings is 1. The summed E-state index contributed by atoms with van der Waals surface area (Å²) in [6.07, 6.45) is 4.77. The molecule has 1 fully saturated rings. The van der Waals surface area contributed by atoms with Crippen LogP contribution in [0.3, 0.4) is 0 Å². The lowest BCUT2D eigenvalue weighted by atomic mass is 9.92. The van der Waals surface area contributed by atoms with Gasteiger partial charge in [0.15, 0.2) is 5.13 Å². The number of aromatic nitrogens is 2. The summed E-state index contributed by atoms with van der Waals surface area (Å²) < 4.78 is 15.6. The van der Waals surface area contributed by atoms with Crippen molar-refractivity contribution in [1.29, 1.82) is 0 Å². The first kappa shape index (κ1) is 19.3. The van der Waals surface area contributed by atoms with Gasteiger partial charge in [0.05, 0.1) is 17.6 Å². The largest absolute Gasteiger partial charge is 0.592 e. The molecule has 0 aromatic carbocycles. The minimum atomic E-state index is -1.23. The Kier molecular flexibility index (Phi) is 6.29. The molecule has 3 heterocycles. The average molecular weight is 393 g/mol. The summed E-state index contributed by atoms with van der Waals surface area (Å²) in [6.45, 7) is 7.12. The van der Waals surface area contributed by atoms with E-state index in [1.807, 2.05) is 18.2 Å². The maximum absolute atomic E-state index is 12.9. The Hall–Kier alpha value is -1.48. The molecule has 1 aliphatic rings. The molecule has 0 saturated carbocycles. The van der Waals surface area contributed by atoms with Crippen molar-refractivity contribution in [3.63, 3.8) is 0 Å². The van der Waals surface area contributed by atoms with Gasteiger partial charge in [0.2, 0.25) is 10.1 Å². The number of anilines is 1. The Balaban J connectivity index is 1.63. The van der Waals surface area contributed by atoms with Gasteiger partial charge in [-0.2, -0.15) is 0 Å². The normalized spacial score (nSPS) is 19.3. The number of carbonyl (C=O) groups excluding carboxylic acids is 1. The molecule has 1 amide bonds. The molecule has 1 aliphatic heterocycles. The van der Waals surface area contributed by atoms with Crippen LogP contribution in [0.2, 0.25) is 0 Å². The molecule has 6 nitrogen and oxygen atoms in total. The van der Waals surface area contributed by atoms with Crippen LogP contribution in [0.15, 0.2) is 22.5 Å². The highest BCUT2D eigenvalue weighted by Gasteiger charge is 2.31. The van der Waals surface area contributed by atoms with Gasteiger partial charge in [0.1, 0.15) is 0 Å². The van der Waals surface area contributed by atoms with E-state index in [4.69, 9.17) is 0 Å². The Morgan fingerprint density at radius 3 is 2.85 bits per heavy atom. The van der Waals surface area contributed by atoms with Gasteiger partial charge in [-0.15, -0.1) is 4.31 Å². The lowest BCUT2D eigenvalue weighted by Gasteiger charge is -2.31. The molecule has 0 radical (unpaired) electrons. The van der Waals surface area contributed by atoms with E-state index in [0.29, 0.717) is 15.3 Å². The first-order chi connectivity index (χ1) is 12.4. The summed E-state index contributed by atoms with van der Waals surface area (Å²) in [6, 6.07) is 4.29. The molecule has 0 aliphatic carbocycles. The second-order valence-electron chi connectivity index (χ2n) is 6.77. The average Bonchev–Trinajstić information content (AvgIpc) is 3.01. The van der Waals surface area contributed by atoms with E-state index in [0.717, 1.165) is 43.7 Å². The fourth-order valence-corrected chi connectivity index (χ4v) is 5.86. The Morgan fingerprint density at radius 2 is 2.15 bits per heavy atom. The maximum Gasteiger partial charge on any atom is 0.249 e. The van der Waals surface area contributed by atoms with Gasteiger partial charge >= 0.3 is 0 Å². The molecular weight excluding hydrogens is 368 g/mol. The molecule has 2 atom stereocenters. The van der Waals surface area contributed by atoms with Gasteiger partial charge in [-0.05, 0) is 68.1 Å². The standard InChI is InChI=1S/C18H24N4O2S2/c1-12-7-16(8-13(2)20-12)9-15-5-4-6-22(11-15)26(24)17-10-19-18(25-17)21-14(3)23/h7-8,10,15H,4-6,9,11H2,1-3H3,(H,19,21,23). The van der Waals surface area contributed by atoms with E-state index in [9.17, 15) is 9.35 Å². The third kappa shape index (κ3) is 5.03. The summed E-state index contributed by atoms with van der Waals surface area (Å²) in [7, 11) is 0. The number of piperidine rings is 1. The fraction of sp³-hybridized carbons (Fsp3) is 0.500. The summed E-state index contributed by atoms with van der Waals surface area (Å²) in [5.41, 5.74) is 3.40. The first-order valence-corrected chi connectivity index (χ1v) is 10.7. The zero-order valence-electron chi connectivity index (χ0n) is 15.3. The second-order valence-corrected chi connectivity index (χ2v) is 9.52. The molecule has 2 unspecified atom stereocenters. The number of aryl methyl sites for hydroxylation is 2. The molecular formula is C18H24N4O2S2.